The number of anilines is 1. The van der Waals surface area contributed by atoms with E-state index in [1.165, 1.54) is 4.90 Å². The number of aliphatic hydroxyl groups excluding tert-OH is 1. The molecule has 0 saturated carbocycles. The molecule has 1 aliphatic rings. The average molecular weight is 428 g/mol. The Labute approximate surface area is 187 Å². The number of aromatic hydroxyl groups is 1. The standard InChI is InChI=1S/C26H25N3O3/c1-28(12-13-30)22-10-9-20-14-19(6-8-21(20)17-22)16-24-26(32)29(2)25(27-24)11-7-18-4-3-5-23(31)15-18/h3-11,14-17,30-31H,12-13H2,1-2H3/b11-7+,24-16-. The maximum absolute atomic E-state index is 12.7. The van der Waals surface area contributed by atoms with Crippen molar-refractivity contribution in [1.82, 2.24) is 4.90 Å². The number of rotatable bonds is 6. The van der Waals surface area contributed by atoms with Gasteiger partial charge >= 0.3 is 0 Å². The molecular formula is C26H25N3O3. The molecule has 32 heavy (non-hydrogen) atoms. The monoisotopic (exact) mass is 427 g/mol. The summed E-state index contributed by atoms with van der Waals surface area (Å²) in [4.78, 5) is 20.7. The zero-order valence-corrected chi connectivity index (χ0v) is 18.1. The number of aliphatic imine (C=N–C) groups is 1. The number of carbonyl (C=O) groups excluding carboxylic acids is 1. The number of amidine groups is 1. The van der Waals surface area contributed by atoms with Gasteiger partial charge in [-0.15, -0.1) is 0 Å². The van der Waals surface area contributed by atoms with E-state index in [9.17, 15) is 9.90 Å². The van der Waals surface area contributed by atoms with Gasteiger partial charge in [0.15, 0.2) is 0 Å². The Morgan fingerprint density at radius 2 is 1.78 bits per heavy atom. The fourth-order valence-electron chi connectivity index (χ4n) is 3.58. The van der Waals surface area contributed by atoms with Crippen LogP contribution in [0.4, 0.5) is 5.69 Å². The fourth-order valence-corrected chi connectivity index (χ4v) is 3.58. The minimum atomic E-state index is -0.165. The van der Waals surface area contributed by atoms with Crippen LogP contribution in [-0.2, 0) is 4.79 Å². The van der Waals surface area contributed by atoms with Crippen molar-refractivity contribution in [2.75, 3.05) is 32.1 Å². The predicted octanol–water partition coefficient (Wildman–Crippen LogP) is 3.90. The quantitative estimate of drug-likeness (QED) is 0.585. The average Bonchev–Trinajstić information content (AvgIpc) is 3.05. The number of phenols is 1. The highest BCUT2D eigenvalue weighted by Crippen LogP contribution is 2.25. The van der Waals surface area contributed by atoms with Crippen molar-refractivity contribution in [3.8, 4) is 5.75 Å². The first kappa shape index (κ1) is 21.3. The number of benzene rings is 3. The van der Waals surface area contributed by atoms with E-state index in [0.717, 1.165) is 27.6 Å². The second kappa shape index (κ2) is 9.08. The van der Waals surface area contributed by atoms with Crippen molar-refractivity contribution in [2.24, 2.45) is 4.99 Å². The second-order valence-electron chi connectivity index (χ2n) is 7.73. The first-order chi connectivity index (χ1) is 15.4. The normalized spacial score (nSPS) is 15.2. The van der Waals surface area contributed by atoms with E-state index in [4.69, 9.17) is 5.11 Å². The molecule has 6 heteroatoms. The smallest absolute Gasteiger partial charge is 0.277 e. The summed E-state index contributed by atoms with van der Waals surface area (Å²) in [5, 5.41) is 20.9. The molecule has 0 spiro atoms. The number of amides is 1. The molecule has 0 fully saturated rings. The zero-order chi connectivity index (χ0) is 22.7. The number of hydrogen-bond donors (Lipinski definition) is 2. The van der Waals surface area contributed by atoms with Gasteiger partial charge in [-0.05, 0) is 64.4 Å². The Morgan fingerprint density at radius 3 is 2.56 bits per heavy atom. The third-order valence-corrected chi connectivity index (χ3v) is 5.42. The van der Waals surface area contributed by atoms with E-state index >= 15 is 0 Å². The SMILES string of the molecule is CN1C(=O)/C(=C/c2ccc3cc(N(C)CCO)ccc3c2)N=C1/C=C/c1cccc(O)c1. The molecular weight excluding hydrogens is 402 g/mol. The molecule has 4 rings (SSSR count). The molecule has 0 unspecified atom stereocenters. The topological polar surface area (TPSA) is 76.4 Å². The van der Waals surface area contributed by atoms with Crippen LogP contribution in [-0.4, -0.2) is 54.1 Å². The summed E-state index contributed by atoms with van der Waals surface area (Å²) in [6.45, 7) is 0.681. The van der Waals surface area contributed by atoms with Gasteiger partial charge in [-0.2, -0.15) is 0 Å². The van der Waals surface area contributed by atoms with Crippen LogP contribution in [0.5, 0.6) is 5.75 Å². The first-order valence-corrected chi connectivity index (χ1v) is 10.4. The molecule has 0 bridgehead atoms. The number of phenolic OH excluding ortho intramolecular Hbond substituents is 1. The lowest BCUT2D eigenvalue weighted by Gasteiger charge is -2.18. The minimum Gasteiger partial charge on any atom is -0.508 e. The molecule has 162 valence electrons. The van der Waals surface area contributed by atoms with Crippen LogP contribution in [0, 0.1) is 0 Å². The predicted molar refractivity (Wildman–Crippen MR) is 130 cm³/mol. The highest BCUT2D eigenvalue weighted by Gasteiger charge is 2.25. The Morgan fingerprint density at radius 1 is 1.00 bits per heavy atom. The van der Waals surface area contributed by atoms with Crippen LogP contribution in [0.2, 0.25) is 0 Å². The Kier molecular flexibility index (Phi) is 6.05. The van der Waals surface area contributed by atoms with Gasteiger partial charge in [-0.25, -0.2) is 4.99 Å². The van der Waals surface area contributed by atoms with E-state index in [-0.39, 0.29) is 18.3 Å². The van der Waals surface area contributed by atoms with Gasteiger partial charge in [0, 0.05) is 26.3 Å². The molecule has 6 nitrogen and oxygen atoms in total. The highest BCUT2D eigenvalue weighted by atomic mass is 16.3. The number of carbonyl (C=O) groups is 1. The third kappa shape index (κ3) is 4.55. The fraction of sp³-hybridized carbons (Fsp3) is 0.154. The van der Waals surface area contributed by atoms with Crippen LogP contribution in [0.1, 0.15) is 11.1 Å². The molecule has 1 amide bonds. The zero-order valence-electron chi connectivity index (χ0n) is 18.1. The highest BCUT2D eigenvalue weighted by molar-refractivity contribution is 6.18. The van der Waals surface area contributed by atoms with Crippen molar-refractivity contribution in [3.05, 3.63) is 83.6 Å². The van der Waals surface area contributed by atoms with Crippen LogP contribution in [0.15, 0.2) is 77.4 Å². The Hall–Kier alpha value is -3.90. The van der Waals surface area contributed by atoms with Crippen LogP contribution in [0.25, 0.3) is 22.9 Å². The van der Waals surface area contributed by atoms with E-state index < -0.39 is 0 Å². The molecule has 0 atom stereocenters. The van der Waals surface area contributed by atoms with Gasteiger partial charge in [0.2, 0.25) is 0 Å². The lowest BCUT2D eigenvalue weighted by atomic mass is 10.1. The molecule has 0 aliphatic carbocycles. The van der Waals surface area contributed by atoms with Crippen LogP contribution in [0.3, 0.4) is 0 Å². The van der Waals surface area contributed by atoms with Crippen LogP contribution < -0.4 is 4.90 Å². The summed E-state index contributed by atoms with van der Waals surface area (Å²) in [6, 6.07) is 19.0. The summed E-state index contributed by atoms with van der Waals surface area (Å²) in [5.41, 5.74) is 3.14. The van der Waals surface area contributed by atoms with Crippen molar-refractivity contribution in [3.63, 3.8) is 0 Å². The van der Waals surface area contributed by atoms with Gasteiger partial charge in [0.1, 0.15) is 17.3 Å². The second-order valence-corrected chi connectivity index (χ2v) is 7.73. The maximum atomic E-state index is 12.7. The van der Waals surface area contributed by atoms with E-state index in [2.05, 4.69) is 11.1 Å². The van der Waals surface area contributed by atoms with Crippen molar-refractivity contribution in [2.45, 2.75) is 0 Å². The molecule has 3 aromatic carbocycles. The number of hydrogen-bond acceptors (Lipinski definition) is 5. The number of aliphatic hydroxyl groups is 1. The van der Waals surface area contributed by atoms with Gasteiger partial charge < -0.3 is 15.1 Å². The van der Waals surface area contributed by atoms with E-state index in [1.807, 2.05) is 54.4 Å². The number of likely N-dealkylation sites (N-methyl/N-ethyl adjacent to an activating group) is 2. The third-order valence-electron chi connectivity index (χ3n) is 5.42. The lowest BCUT2D eigenvalue weighted by Crippen LogP contribution is -2.26. The van der Waals surface area contributed by atoms with Crippen molar-refractivity contribution < 1.29 is 15.0 Å². The number of fused-ring (bicyclic) bond motifs is 1. The van der Waals surface area contributed by atoms with Gasteiger partial charge in [0.05, 0.1) is 6.61 Å². The summed E-state index contributed by atoms with van der Waals surface area (Å²) in [6.07, 6.45) is 5.37. The Balaban J connectivity index is 1.59. The van der Waals surface area contributed by atoms with Crippen LogP contribution >= 0.6 is 0 Å². The Bertz CT molecular complexity index is 1260. The minimum absolute atomic E-state index is 0.106. The summed E-state index contributed by atoms with van der Waals surface area (Å²) >= 11 is 0. The summed E-state index contributed by atoms with van der Waals surface area (Å²) in [7, 11) is 3.64. The molecule has 0 radical (unpaired) electrons. The molecule has 1 aliphatic heterocycles. The van der Waals surface area contributed by atoms with Crippen molar-refractivity contribution >= 4 is 40.4 Å². The molecule has 0 saturated heterocycles. The van der Waals surface area contributed by atoms with Gasteiger partial charge in [-0.3, -0.25) is 9.69 Å². The van der Waals surface area contributed by atoms with E-state index in [1.54, 1.807) is 37.4 Å². The molecule has 2 N–H and O–H groups in total. The lowest BCUT2D eigenvalue weighted by molar-refractivity contribution is -0.121. The molecule has 3 aromatic rings. The van der Waals surface area contributed by atoms with Gasteiger partial charge in [0.25, 0.3) is 5.91 Å². The summed E-state index contributed by atoms with van der Waals surface area (Å²) < 4.78 is 0. The molecule has 1 heterocycles. The largest absolute Gasteiger partial charge is 0.508 e. The first-order valence-electron chi connectivity index (χ1n) is 10.4. The molecule has 0 aromatic heterocycles. The van der Waals surface area contributed by atoms with Gasteiger partial charge in [-0.1, -0.05) is 36.4 Å². The van der Waals surface area contributed by atoms with E-state index in [0.29, 0.717) is 18.1 Å². The summed E-state index contributed by atoms with van der Waals surface area (Å²) in [5.74, 6) is 0.567. The maximum Gasteiger partial charge on any atom is 0.277 e. The van der Waals surface area contributed by atoms with Crippen molar-refractivity contribution in [1.29, 1.82) is 0 Å². The number of nitrogens with zero attached hydrogens (tertiary/aromatic N) is 3.